The highest BCUT2D eigenvalue weighted by Crippen LogP contribution is 2.07. The van der Waals surface area contributed by atoms with Gasteiger partial charge in [0.2, 0.25) is 0 Å². The molecule has 0 aromatic carbocycles. The van der Waals surface area contributed by atoms with Gasteiger partial charge < -0.3 is 15.2 Å². The summed E-state index contributed by atoms with van der Waals surface area (Å²) in [6, 6.07) is 0. The van der Waals surface area contributed by atoms with Crippen LogP contribution in [0.3, 0.4) is 0 Å². The van der Waals surface area contributed by atoms with Crippen molar-refractivity contribution < 1.29 is 18.8 Å². The molecule has 0 saturated carbocycles. The number of alkyl carbamates (subject to hydrolysis) is 1. The van der Waals surface area contributed by atoms with E-state index in [-0.39, 0.29) is 12.5 Å². The summed E-state index contributed by atoms with van der Waals surface area (Å²) in [7, 11) is -0.873. The van der Waals surface area contributed by atoms with Crippen LogP contribution in [0.2, 0.25) is 0 Å². The Bertz CT molecular complexity index is 263. The highest BCUT2D eigenvalue weighted by Gasteiger charge is 2.17. The van der Waals surface area contributed by atoms with Crippen LogP contribution in [-0.4, -0.2) is 46.2 Å². The maximum Gasteiger partial charge on any atom is 0.407 e. The average molecular weight is 265 g/mol. The Morgan fingerprint density at radius 2 is 2.06 bits per heavy atom. The number of rotatable bonds is 6. The third-order valence-electron chi connectivity index (χ3n) is 2.01. The Kier molecular flexibility index (Phi) is 7.38. The van der Waals surface area contributed by atoms with Crippen LogP contribution in [0.25, 0.3) is 0 Å². The van der Waals surface area contributed by atoms with E-state index < -0.39 is 22.5 Å². The van der Waals surface area contributed by atoms with E-state index in [1.807, 2.05) is 0 Å². The standard InChI is InChI=1S/C11H23NO4S/c1-11(2,3)16-10(14)12-7-9(8-13)5-6-17(4)15/h9,13H,5-8H2,1-4H3,(H,12,14). The first-order chi connectivity index (χ1) is 7.74. The van der Waals surface area contributed by atoms with Crippen molar-refractivity contribution >= 4 is 16.9 Å². The van der Waals surface area contributed by atoms with E-state index in [1.165, 1.54) is 0 Å². The lowest BCUT2D eigenvalue weighted by Gasteiger charge is -2.21. The van der Waals surface area contributed by atoms with Gasteiger partial charge >= 0.3 is 6.09 Å². The lowest BCUT2D eigenvalue weighted by atomic mass is 10.1. The fraction of sp³-hybridized carbons (Fsp3) is 0.909. The molecule has 2 unspecified atom stereocenters. The highest BCUT2D eigenvalue weighted by molar-refractivity contribution is 7.84. The van der Waals surface area contributed by atoms with Crippen molar-refractivity contribution in [3.8, 4) is 0 Å². The van der Waals surface area contributed by atoms with Crippen molar-refractivity contribution in [2.75, 3.05) is 25.2 Å². The highest BCUT2D eigenvalue weighted by atomic mass is 32.2. The van der Waals surface area contributed by atoms with Crippen molar-refractivity contribution in [3.05, 3.63) is 0 Å². The molecule has 6 heteroatoms. The minimum absolute atomic E-state index is 0.0347. The molecule has 0 heterocycles. The zero-order valence-corrected chi connectivity index (χ0v) is 11.8. The number of aliphatic hydroxyl groups is 1. The average Bonchev–Trinajstić information content (AvgIpc) is 2.14. The summed E-state index contributed by atoms with van der Waals surface area (Å²) in [5.74, 6) is 0.452. The van der Waals surface area contributed by atoms with Gasteiger partial charge in [-0.1, -0.05) is 0 Å². The molecule has 0 spiro atoms. The summed E-state index contributed by atoms with van der Waals surface area (Å²) in [5, 5.41) is 11.7. The maximum absolute atomic E-state index is 11.3. The number of nitrogens with one attached hydrogen (secondary N) is 1. The Balaban J connectivity index is 3.90. The molecule has 0 aliphatic rings. The maximum atomic E-state index is 11.3. The Morgan fingerprint density at radius 3 is 2.47 bits per heavy atom. The molecular formula is C11H23NO4S. The Hall–Kier alpha value is -0.620. The van der Waals surface area contributed by atoms with E-state index in [0.717, 1.165) is 0 Å². The van der Waals surface area contributed by atoms with Crippen LogP contribution in [0, 0.1) is 5.92 Å². The number of aliphatic hydroxyl groups excluding tert-OH is 1. The smallest absolute Gasteiger partial charge is 0.407 e. The number of amides is 1. The van der Waals surface area contributed by atoms with Gasteiger partial charge in [0.05, 0.1) is 0 Å². The fourth-order valence-electron chi connectivity index (χ4n) is 1.13. The summed E-state index contributed by atoms with van der Waals surface area (Å²) < 4.78 is 16.0. The number of hydrogen-bond donors (Lipinski definition) is 2. The SMILES string of the molecule is CS(=O)CCC(CO)CNC(=O)OC(C)(C)C. The largest absolute Gasteiger partial charge is 0.444 e. The molecule has 0 bridgehead atoms. The first-order valence-electron chi connectivity index (χ1n) is 5.62. The second kappa shape index (κ2) is 7.66. The fourth-order valence-corrected chi connectivity index (χ4v) is 1.80. The van der Waals surface area contributed by atoms with E-state index >= 15 is 0 Å². The van der Waals surface area contributed by atoms with Crippen molar-refractivity contribution in [2.45, 2.75) is 32.8 Å². The summed E-state index contributed by atoms with van der Waals surface area (Å²) in [6.45, 7) is 5.67. The lowest BCUT2D eigenvalue weighted by Crippen LogP contribution is -2.36. The van der Waals surface area contributed by atoms with Crippen LogP contribution in [0.15, 0.2) is 0 Å². The minimum atomic E-state index is -0.873. The van der Waals surface area contributed by atoms with E-state index in [1.54, 1.807) is 27.0 Å². The van der Waals surface area contributed by atoms with Gasteiger partial charge in [0.1, 0.15) is 5.60 Å². The van der Waals surface area contributed by atoms with E-state index in [0.29, 0.717) is 18.7 Å². The third kappa shape index (κ3) is 10.3. The quantitative estimate of drug-likeness (QED) is 0.748. The van der Waals surface area contributed by atoms with Gasteiger partial charge in [-0.05, 0) is 27.2 Å². The van der Waals surface area contributed by atoms with E-state index in [4.69, 9.17) is 9.84 Å². The van der Waals surface area contributed by atoms with Crippen LogP contribution in [0.5, 0.6) is 0 Å². The molecule has 0 radical (unpaired) electrons. The Morgan fingerprint density at radius 1 is 1.47 bits per heavy atom. The summed E-state index contributed by atoms with van der Waals surface area (Å²) in [4.78, 5) is 11.3. The summed E-state index contributed by atoms with van der Waals surface area (Å²) in [5.41, 5.74) is -0.524. The predicted octanol–water partition coefficient (Wildman–Crippen LogP) is 0.888. The van der Waals surface area contributed by atoms with Crippen molar-refractivity contribution in [2.24, 2.45) is 5.92 Å². The van der Waals surface area contributed by atoms with Crippen LogP contribution < -0.4 is 5.32 Å². The molecule has 0 aromatic heterocycles. The third-order valence-corrected chi connectivity index (χ3v) is 2.82. The topological polar surface area (TPSA) is 75.6 Å². The van der Waals surface area contributed by atoms with Crippen molar-refractivity contribution in [3.63, 3.8) is 0 Å². The molecule has 0 aliphatic carbocycles. The van der Waals surface area contributed by atoms with Crippen LogP contribution in [0.1, 0.15) is 27.2 Å². The molecule has 0 rings (SSSR count). The monoisotopic (exact) mass is 265 g/mol. The number of carbonyl (C=O) groups excluding carboxylic acids is 1. The van der Waals surface area contributed by atoms with Gasteiger partial charge in [-0.3, -0.25) is 4.21 Å². The van der Waals surface area contributed by atoms with E-state index in [9.17, 15) is 9.00 Å². The molecule has 2 atom stereocenters. The second-order valence-electron chi connectivity index (χ2n) is 5.00. The van der Waals surface area contributed by atoms with Gasteiger partial charge in [0.25, 0.3) is 0 Å². The molecular weight excluding hydrogens is 242 g/mol. The van der Waals surface area contributed by atoms with Gasteiger partial charge in [0.15, 0.2) is 0 Å². The van der Waals surface area contributed by atoms with Gasteiger partial charge in [-0.25, -0.2) is 4.79 Å². The number of ether oxygens (including phenoxy) is 1. The second-order valence-corrected chi connectivity index (χ2v) is 6.55. The van der Waals surface area contributed by atoms with Gasteiger partial charge in [-0.15, -0.1) is 0 Å². The lowest BCUT2D eigenvalue weighted by molar-refractivity contribution is 0.0512. The number of carbonyl (C=O) groups is 1. The van der Waals surface area contributed by atoms with Crippen molar-refractivity contribution in [1.82, 2.24) is 5.32 Å². The first-order valence-corrected chi connectivity index (χ1v) is 7.35. The van der Waals surface area contributed by atoms with Crippen LogP contribution >= 0.6 is 0 Å². The van der Waals surface area contributed by atoms with Crippen molar-refractivity contribution in [1.29, 1.82) is 0 Å². The van der Waals surface area contributed by atoms with Crippen LogP contribution in [-0.2, 0) is 15.5 Å². The van der Waals surface area contributed by atoms with Gasteiger partial charge in [-0.2, -0.15) is 0 Å². The summed E-state index contributed by atoms with van der Waals surface area (Å²) >= 11 is 0. The normalized spacial score (nSPS) is 15.1. The molecule has 0 saturated heterocycles. The number of hydrogen-bond acceptors (Lipinski definition) is 4. The minimum Gasteiger partial charge on any atom is -0.444 e. The predicted molar refractivity (Wildman–Crippen MR) is 68.4 cm³/mol. The van der Waals surface area contributed by atoms with E-state index in [2.05, 4.69) is 5.32 Å². The molecule has 0 fully saturated rings. The van der Waals surface area contributed by atoms with Gasteiger partial charge in [0, 0.05) is 41.9 Å². The molecule has 1 amide bonds. The molecule has 102 valence electrons. The zero-order valence-electron chi connectivity index (χ0n) is 11.0. The molecule has 17 heavy (non-hydrogen) atoms. The molecule has 2 N–H and O–H groups in total. The molecule has 0 aromatic rings. The molecule has 0 aliphatic heterocycles. The first kappa shape index (κ1) is 16.4. The summed E-state index contributed by atoms with van der Waals surface area (Å²) in [6.07, 6.45) is 1.75. The zero-order chi connectivity index (χ0) is 13.5. The van der Waals surface area contributed by atoms with Crippen LogP contribution in [0.4, 0.5) is 4.79 Å². The molecule has 5 nitrogen and oxygen atoms in total. The Labute approximate surface area is 105 Å².